The molecule has 8 heteroatoms. The van der Waals surface area contributed by atoms with Crippen molar-refractivity contribution in [2.45, 2.75) is 25.0 Å². The Bertz CT molecular complexity index is 1190. The van der Waals surface area contributed by atoms with Crippen LogP contribution in [-0.2, 0) is 16.9 Å². The molecule has 168 valence electrons. The van der Waals surface area contributed by atoms with Gasteiger partial charge in [0.05, 0.1) is 23.9 Å². The van der Waals surface area contributed by atoms with Crippen molar-refractivity contribution in [3.8, 4) is 5.75 Å². The Balaban J connectivity index is 1.88. The lowest BCUT2D eigenvalue weighted by Crippen LogP contribution is -2.43. The molecule has 0 radical (unpaired) electrons. The first-order valence-corrected chi connectivity index (χ1v) is 10.4. The highest BCUT2D eigenvalue weighted by molar-refractivity contribution is 5.93. The van der Waals surface area contributed by atoms with Crippen LogP contribution >= 0.6 is 0 Å². The number of hydrogen-bond donors (Lipinski definition) is 1. The first kappa shape index (κ1) is 22.0. The van der Waals surface area contributed by atoms with Gasteiger partial charge in [-0.2, -0.15) is 0 Å². The number of ether oxygens (including phenoxy) is 1. The van der Waals surface area contributed by atoms with Crippen molar-refractivity contribution in [3.63, 3.8) is 0 Å². The van der Waals surface area contributed by atoms with E-state index in [1.54, 1.807) is 50.4 Å². The first-order valence-electron chi connectivity index (χ1n) is 10.4. The molecule has 2 atom stereocenters. The van der Waals surface area contributed by atoms with Crippen LogP contribution < -0.4 is 4.74 Å². The predicted octanol–water partition coefficient (Wildman–Crippen LogP) is 4.56. The minimum absolute atomic E-state index is 0.0608. The summed E-state index contributed by atoms with van der Waals surface area (Å²) in [6.45, 7) is 2.22. The van der Waals surface area contributed by atoms with Crippen molar-refractivity contribution in [2.75, 3.05) is 7.11 Å². The zero-order valence-corrected chi connectivity index (χ0v) is 18.2. The molecular formula is C25H23N3O5. The number of aliphatic imine (C=N–C) groups is 1. The van der Waals surface area contributed by atoms with E-state index in [9.17, 15) is 20.0 Å². The molecule has 0 spiro atoms. The van der Waals surface area contributed by atoms with Gasteiger partial charge in [-0.05, 0) is 35.7 Å². The minimum Gasteiger partial charge on any atom is -0.497 e. The summed E-state index contributed by atoms with van der Waals surface area (Å²) in [7, 11) is 1.54. The fraction of sp³-hybridized carbons (Fsp3) is 0.200. The van der Waals surface area contributed by atoms with Gasteiger partial charge in [0.15, 0.2) is 0 Å². The number of carbonyl (C=O) groups is 1. The number of rotatable bonds is 7. The highest BCUT2D eigenvalue weighted by Gasteiger charge is 2.55. The molecule has 0 aromatic heterocycles. The third-order valence-corrected chi connectivity index (χ3v) is 5.93. The van der Waals surface area contributed by atoms with Crippen molar-refractivity contribution >= 4 is 17.5 Å². The summed E-state index contributed by atoms with van der Waals surface area (Å²) < 4.78 is 5.24. The van der Waals surface area contributed by atoms with Crippen LogP contribution in [0.4, 0.5) is 5.69 Å². The first-order chi connectivity index (χ1) is 15.9. The lowest BCUT2D eigenvalue weighted by Gasteiger charge is -2.36. The SMILES string of the molecule is COc1ccc([C@@]2(C(=O)O)N=C(C)N(Cc3ccccc3)[C@H]2c2ccc([N+](=O)[O-])cc2)cc1. The number of carboxylic acid groups (broad SMARTS) is 1. The molecule has 1 N–H and O–H groups in total. The Kier molecular flexibility index (Phi) is 5.83. The standard InChI is InChI=1S/C25H23N3O5/c1-17-26-25(24(29)30,20-10-14-22(33-2)15-11-20)23(19-8-12-21(13-9-19)28(31)32)27(17)16-18-6-4-3-5-7-18/h3-15,23H,16H2,1-2H3,(H,29,30)/t23-,25+/m0/s1. The summed E-state index contributed by atoms with van der Waals surface area (Å²) in [4.78, 5) is 30.3. The van der Waals surface area contributed by atoms with Gasteiger partial charge < -0.3 is 14.7 Å². The minimum atomic E-state index is -1.64. The molecule has 0 fully saturated rings. The van der Waals surface area contributed by atoms with E-state index >= 15 is 0 Å². The summed E-state index contributed by atoms with van der Waals surface area (Å²) in [5.41, 5.74) is 0.412. The molecule has 0 unspecified atom stereocenters. The maximum atomic E-state index is 12.9. The second-order valence-electron chi connectivity index (χ2n) is 7.82. The van der Waals surface area contributed by atoms with Gasteiger partial charge in [0, 0.05) is 18.7 Å². The second-order valence-corrected chi connectivity index (χ2v) is 7.82. The van der Waals surface area contributed by atoms with Gasteiger partial charge in [-0.25, -0.2) is 9.79 Å². The van der Waals surface area contributed by atoms with Gasteiger partial charge >= 0.3 is 5.97 Å². The molecule has 0 bridgehead atoms. The molecule has 0 saturated carbocycles. The van der Waals surface area contributed by atoms with Crippen LogP contribution in [0.2, 0.25) is 0 Å². The average molecular weight is 445 g/mol. The third kappa shape index (κ3) is 3.91. The Morgan fingerprint density at radius 2 is 1.73 bits per heavy atom. The molecule has 8 nitrogen and oxygen atoms in total. The number of non-ortho nitro benzene ring substituents is 1. The number of nitrogens with zero attached hydrogens (tertiary/aromatic N) is 3. The molecule has 33 heavy (non-hydrogen) atoms. The fourth-order valence-electron chi connectivity index (χ4n) is 4.33. The van der Waals surface area contributed by atoms with Gasteiger partial charge in [-0.1, -0.05) is 54.6 Å². The van der Waals surface area contributed by atoms with Crippen LogP contribution in [0.5, 0.6) is 5.75 Å². The number of benzene rings is 3. The lowest BCUT2D eigenvalue weighted by molar-refractivity contribution is -0.384. The number of aliphatic carboxylic acids is 1. The van der Waals surface area contributed by atoms with E-state index in [0.717, 1.165) is 5.56 Å². The zero-order chi connectivity index (χ0) is 23.6. The Labute approximate surface area is 190 Å². The summed E-state index contributed by atoms with van der Waals surface area (Å²) in [5, 5.41) is 21.7. The second kappa shape index (κ2) is 8.74. The topological polar surface area (TPSA) is 105 Å². The van der Waals surface area contributed by atoms with Crippen LogP contribution in [0.3, 0.4) is 0 Å². The van der Waals surface area contributed by atoms with Crippen molar-refractivity contribution in [1.29, 1.82) is 0 Å². The quantitative estimate of drug-likeness (QED) is 0.422. The number of nitro benzene ring substituents is 1. The van der Waals surface area contributed by atoms with E-state index < -0.39 is 22.5 Å². The third-order valence-electron chi connectivity index (χ3n) is 5.93. The molecular weight excluding hydrogens is 422 g/mol. The van der Waals surface area contributed by atoms with E-state index in [2.05, 4.69) is 0 Å². The van der Waals surface area contributed by atoms with Gasteiger partial charge in [0.1, 0.15) is 5.75 Å². The number of amidine groups is 1. The van der Waals surface area contributed by atoms with E-state index in [4.69, 9.17) is 9.73 Å². The lowest BCUT2D eigenvalue weighted by atomic mass is 9.79. The van der Waals surface area contributed by atoms with Crippen LogP contribution in [0.1, 0.15) is 29.7 Å². The molecule has 4 rings (SSSR count). The number of nitro groups is 1. The van der Waals surface area contributed by atoms with E-state index in [0.29, 0.717) is 29.3 Å². The molecule has 1 aliphatic heterocycles. The summed E-state index contributed by atoms with van der Waals surface area (Å²) >= 11 is 0. The van der Waals surface area contributed by atoms with Crippen molar-refractivity contribution in [3.05, 3.63) is 106 Å². The highest BCUT2D eigenvalue weighted by atomic mass is 16.6. The van der Waals surface area contributed by atoms with Crippen LogP contribution in [0, 0.1) is 10.1 Å². The Hall–Kier alpha value is -4.20. The summed E-state index contributed by atoms with van der Waals surface area (Å²) in [6.07, 6.45) is 0. The highest BCUT2D eigenvalue weighted by Crippen LogP contribution is 2.48. The molecule has 0 aliphatic carbocycles. The monoisotopic (exact) mass is 445 g/mol. The van der Waals surface area contributed by atoms with Crippen LogP contribution in [-0.4, -0.2) is 33.8 Å². The zero-order valence-electron chi connectivity index (χ0n) is 18.2. The predicted molar refractivity (Wildman–Crippen MR) is 123 cm³/mol. The maximum Gasteiger partial charge on any atom is 0.338 e. The average Bonchev–Trinajstić information content (AvgIpc) is 3.13. The van der Waals surface area contributed by atoms with E-state index in [1.807, 2.05) is 35.2 Å². The van der Waals surface area contributed by atoms with E-state index in [1.165, 1.54) is 12.1 Å². The molecule has 0 saturated heterocycles. The van der Waals surface area contributed by atoms with Crippen LogP contribution in [0.15, 0.2) is 83.9 Å². The van der Waals surface area contributed by atoms with Crippen LogP contribution in [0.25, 0.3) is 0 Å². The largest absolute Gasteiger partial charge is 0.497 e. The smallest absolute Gasteiger partial charge is 0.338 e. The van der Waals surface area contributed by atoms with Crippen molar-refractivity contribution in [2.24, 2.45) is 4.99 Å². The number of hydrogen-bond acceptors (Lipinski definition) is 6. The summed E-state index contributed by atoms with van der Waals surface area (Å²) in [6, 6.07) is 21.8. The number of methoxy groups -OCH3 is 1. The molecule has 3 aromatic rings. The molecule has 0 amide bonds. The number of carboxylic acids is 1. The molecule has 1 aliphatic rings. The Morgan fingerprint density at radius 3 is 2.27 bits per heavy atom. The van der Waals surface area contributed by atoms with Gasteiger partial charge in [-0.15, -0.1) is 0 Å². The van der Waals surface area contributed by atoms with Gasteiger partial charge in [-0.3, -0.25) is 10.1 Å². The van der Waals surface area contributed by atoms with Gasteiger partial charge in [0.25, 0.3) is 5.69 Å². The van der Waals surface area contributed by atoms with Gasteiger partial charge in [0.2, 0.25) is 5.54 Å². The van der Waals surface area contributed by atoms with Crippen molar-refractivity contribution < 1.29 is 19.6 Å². The molecule has 3 aromatic carbocycles. The fourth-order valence-corrected chi connectivity index (χ4v) is 4.33. The van der Waals surface area contributed by atoms with Crippen molar-refractivity contribution in [1.82, 2.24) is 4.90 Å². The van der Waals surface area contributed by atoms with E-state index in [-0.39, 0.29) is 5.69 Å². The normalized spacial score (nSPS) is 19.8. The molecule has 1 heterocycles. The summed E-state index contributed by atoms with van der Waals surface area (Å²) in [5.74, 6) is 0.0670. The maximum absolute atomic E-state index is 12.9. The Morgan fingerprint density at radius 1 is 1.09 bits per heavy atom.